The summed E-state index contributed by atoms with van der Waals surface area (Å²) >= 11 is 5.96. The molecule has 0 amide bonds. The summed E-state index contributed by atoms with van der Waals surface area (Å²) in [6.45, 7) is 4.62. The number of hydrogen-bond acceptors (Lipinski definition) is 3. The Kier molecular flexibility index (Phi) is 5.75. The van der Waals surface area contributed by atoms with E-state index in [-0.39, 0.29) is 0 Å². The van der Waals surface area contributed by atoms with Crippen molar-refractivity contribution < 1.29 is 5.11 Å². The van der Waals surface area contributed by atoms with Crippen molar-refractivity contribution in [3.63, 3.8) is 0 Å². The van der Waals surface area contributed by atoms with E-state index in [0.717, 1.165) is 43.7 Å². The van der Waals surface area contributed by atoms with Gasteiger partial charge in [0.1, 0.15) is 0 Å². The Morgan fingerprint density at radius 3 is 2.50 bits per heavy atom. The molecule has 3 rings (SSSR count). The summed E-state index contributed by atoms with van der Waals surface area (Å²) in [4.78, 5) is 5.20. The molecule has 122 valence electrons. The molecule has 2 aliphatic rings. The van der Waals surface area contributed by atoms with Crippen molar-refractivity contribution in [3.05, 3.63) is 34.9 Å². The average molecular weight is 323 g/mol. The van der Waals surface area contributed by atoms with Crippen molar-refractivity contribution in [1.29, 1.82) is 0 Å². The third-order valence-corrected chi connectivity index (χ3v) is 5.44. The van der Waals surface area contributed by atoms with Crippen LogP contribution < -0.4 is 0 Å². The van der Waals surface area contributed by atoms with Gasteiger partial charge in [0, 0.05) is 49.9 Å². The molecule has 1 aliphatic carbocycles. The zero-order chi connectivity index (χ0) is 15.4. The third kappa shape index (κ3) is 4.02. The second-order valence-corrected chi connectivity index (χ2v) is 7.14. The van der Waals surface area contributed by atoms with Crippen molar-refractivity contribution in [1.82, 2.24) is 9.80 Å². The number of halogens is 1. The van der Waals surface area contributed by atoms with Crippen LogP contribution in [0.4, 0.5) is 0 Å². The number of rotatable bonds is 5. The summed E-state index contributed by atoms with van der Waals surface area (Å²) in [5.41, 5.74) is 1.32. The molecule has 0 radical (unpaired) electrons. The van der Waals surface area contributed by atoms with Crippen LogP contribution in [0.2, 0.25) is 5.02 Å². The molecule has 0 aromatic heterocycles. The Bertz CT molecular complexity index is 459. The number of nitrogens with zero attached hydrogens (tertiary/aromatic N) is 2. The molecule has 0 bridgehead atoms. The van der Waals surface area contributed by atoms with Crippen LogP contribution in [-0.4, -0.2) is 53.2 Å². The van der Waals surface area contributed by atoms with Crippen LogP contribution >= 0.6 is 11.6 Å². The molecule has 1 unspecified atom stereocenters. The fraction of sp³-hybridized carbons (Fsp3) is 0.667. The molecule has 22 heavy (non-hydrogen) atoms. The molecular weight excluding hydrogens is 296 g/mol. The minimum atomic E-state index is 0.294. The number of benzene rings is 1. The maximum absolute atomic E-state index is 9.43. The van der Waals surface area contributed by atoms with Crippen molar-refractivity contribution in [2.75, 3.05) is 26.2 Å². The minimum Gasteiger partial charge on any atom is -0.396 e. The maximum atomic E-state index is 9.43. The van der Waals surface area contributed by atoms with Gasteiger partial charge in [-0.15, -0.1) is 0 Å². The van der Waals surface area contributed by atoms with Gasteiger partial charge >= 0.3 is 0 Å². The third-order valence-electron chi connectivity index (χ3n) is 5.19. The van der Waals surface area contributed by atoms with E-state index in [4.69, 9.17) is 11.6 Å². The molecule has 4 heteroatoms. The summed E-state index contributed by atoms with van der Waals surface area (Å²) in [5, 5.41) is 10.2. The highest BCUT2D eigenvalue weighted by Crippen LogP contribution is 2.28. The highest BCUT2D eigenvalue weighted by molar-refractivity contribution is 6.30. The molecule has 2 fully saturated rings. The van der Waals surface area contributed by atoms with Crippen LogP contribution in [0.3, 0.4) is 0 Å². The van der Waals surface area contributed by atoms with Gasteiger partial charge in [-0.2, -0.15) is 0 Å². The first-order chi connectivity index (χ1) is 10.8. The zero-order valence-corrected chi connectivity index (χ0v) is 14.0. The van der Waals surface area contributed by atoms with Gasteiger partial charge in [0.25, 0.3) is 0 Å². The fourth-order valence-electron chi connectivity index (χ4n) is 4.05. The van der Waals surface area contributed by atoms with Gasteiger partial charge in [0.15, 0.2) is 0 Å². The number of piperazine rings is 1. The van der Waals surface area contributed by atoms with E-state index in [1.54, 1.807) is 0 Å². The predicted molar refractivity (Wildman–Crippen MR) is 91.2 cm³/mol. The Labute approximate surface area is 138 Å². The van der Waals surface area contributed by atoms with E-state index < -0.39 is 0 Å². The Balaban J connectivity index is 1.60. The maximum Gasteiger partial charge on any atom is 0.0446 e. The normalized spacial score (nSPS) is 24.9. The molecule has 1 aromatic carbocycles. The van der Waals surface area contributed by atoms with Gasteiger partial charge in [-0.05, 0) is 37.0 Å². The first-order valence-corrected chi connectivity index (χ1v) is 8.97. The zero-order valence-electron chi connectivity index (χ0n) is 13.3. The number of aliphatic hydroxyl groups is 1. The Morgan fingerprint density at radius 1 is 1.09 bits per heavy atom. The number of aliphatic hydroxyl groups excluding tert-OH is 1. The van der Waals surface area contributed by atoms with Crippen LogP contribution in [-0.2, 0) is 6.54 Å². The van der Waals surface area contributed by atoms with E-state index in [0.29, 0.717) is 12.6 Å². The topological polar surface area (TPSA) is 26.7 Å². The smallest absolute Gasteiger partial charge is 0.0446 e. The summed E-state index contributed by atoms with van der Waals surface area (Å²) in [6.07, 6.45) is 6.34. The highest BCUT2D eigenvalue weighted by Gasteiger charge is 2.32. The van der Waals surface area contributed by atoms with Gasteiger partial charge in [-0.1, -0.05) is 36.6 Å². The van der Waals surface area contributed by atoms with Crippen molar-refractivity contribution in [2.24, 2.45) is 0 Å². The van der Waals surface area contributed by atoms with Gasteiger partial charge in [0.05, 0.1) is 0 Å². The van der Waals surface area contributed by atoms with E-state index in [1.165, 1.54) is 31.2 Å². The lowest BCUT2D eigenvalue weighted by Crippen LogP contribution is -2.55. The van der Waals surface area contributed by atoms with Gasteiger partial charge < -0.3 is 5.11 Å². The fourth-order valence-corrected chi connectivity index (χ4v) is 4.17. The van der Waals surface area contributed by atoms with Crippen LogP contribution in [0.5, 0.6) is 0 Å². The molecule has 3 nitrogen and oxygen atoms in total. The second-order valence-electron chi connectivity index (χ2n) is 6.70. The quantitative estimate of drug-likeness (QED) is 0.902. The molecule has 1 atom stereocenters. The monoisotopic (exact) mass is 322 g/mol. The van der Waals surface area contributed by atoms with Gasteiger partial charge in [-0.25, -0.2) is 0 Å². The summed E-state index contributed by atoms with van der Waals surface area (Å²) in [5.74, 6) is 0. The summed E-state index contributed by atoms with van der Waals surface area (Å²) in [7, 11) is 0. The van der Waals surface area contributed by atoms with E-state index in [2.05, 4.69) is 21.9 Å². The lowest BCUT2D eigenvalue weighted by atomic mass is 10.0. The predicted octanol–water partition coefficient (Wildman–Crippen LogP) is 3.15. The second kappa shape index (κ2) is 7.78. The van der Waals surface area contributed by atoms with E-state index in [1.807, 2.05) is 12.1 Å². The molecule has 1 aliphatic heterocycles. The lowest BCUT2D eigenvalue weighted by Gasteiger charge is -2.44. The van der Waals surface area contributed by atoms with Crippen LogP contribution in [0.1, 0.15) is 37.7 Å². The first-order valence-electron chi connectivity index (χ1n) is 8.59. The first kappa shape index (κ1) is 16.3. The SMILES string of the molecule is OCCC1CN(Cc2ccc(Cl)cc2)CCN1C1CCCC1. The van der Waals surface area contributed by atoms with E-state index >= 15 is 0 Å². The Morgan fingerprint density at radius 2 is 1.82 bits per heavy atom. The molecule has 1 N–H and O–H groups in total. The standard InChI is InChI=1S/C18H27ClN2O/c19-16-7-5-15(6-8-16)13-20-10-11-21(17-3-1-2-4-17)18(14-20)9-12-22/h5-8,17-18,22H,1-4,9-14H2. The van der Waals surface area contributed by atoms with E-state index in [9.17, 15) is 5.11 Å². The van der Waals surface area contributed by atoms with Crippen molar-refractivity contribution >= 4 is 11.6 Å². The molecule has 1 heterocycles. The number of hydrogen-bond donors (Lipinski definition) is 1. The van der Waals surface area contributed by atoms with Crippen LogP contribution in [0, 0.1) is 0 Å². The summed E-state index contributed by atoms with van der Waals surface area (Å²) < 4.78 is 0. The van der Waals surface area contributed by atoms with Crippen LogP contribution in [0.15, 0.2) is 24.3 Å². The molecular formula is C18H27ClN2O. The Hall–Kier alpha value is -0.610. The minimum absolute atomic E-state index is 0.294. The van der Waals surface area contributed by atoms with Crippen molar-refractivity contribution in [2.45, 2.75) is 50.7 Å². The summed E-state index contributed by atoms with van der Waals surface area (Å²) in [6, 6.07) is 9.44. The van der Waals surface area contributed by atoms with Crippen LogP contribution in [0.25, 0.3) is 0 Å². The largest absolute Gasteiger partial charge is 0.396 e. The van der Waals surface area contributed by atoms with Gasteiger partial charge in [0.2, 0.25) is 0 Å². The molecule has 1 saturated carbocycles. The van der Waals surface area contributed by atoms with Crippen molar-refractivity contribution in [3.8, 4) is 0 Å². The molecule has 0 spiro atoms. The molecule has 1 saturated heterocycles. The van der Waals surface area contributed by atoms with Gasteiger partial charge in [-0.3, -0.25) is 9.80 Å². The highest BCUT2D eigenvalue weighted by atomic mass is 35.5. The molecule has 1 aromatic rings. The lowest BCUT2D eigenvalue weighted by molar-refractivity contribution is 0.0267. The average Bonchev–Trinajstić information content (AvgIpc) is 3.04.